The summed E-state index contributed by atoms with van der Waals surface area (Å²) >= 11 is 0. The number of carbonyl (C=O) groups excluding carboxylic acids is 2. The lowest BCUT2D eigenvalue weighted by Gasteiger charge is -2.15. The highest BCUT2D eigenvalue weighted by molar-refractivity contribution is 5.95. The number of amides is 2. The number of hydrogen-bond acceptors (Lipinski definition) is 4. The van der Waals surface area contributed by atoms with E-state index in [2.05, 4.69) is 20.5 Å². The van der Waals surface area contributed by atoms with Crippen LogP contribution in [0.2, 0.25) is 0 Å². The summed E-state index contributed by atoms with van der Waals surface area (Å²) in [6.45, 7) is 1.79. The number of carbonyl (C=O) groups is 2. The molecule has 0 fully saturated rings. The molecule has 0 bridgehead atoms. The number of rotatable bonds is 4. The van der Waals surface area contributed by atoms with E-state index < -0.39 is 0 Å². The van der Waals surface area contributed by atoms with E-state index >= 15 is 0 Å². The highest BCUT2D eigenvalue weighted by Gasteiger charge is 2.13. The Morgan fingerprint density at radius 1 is 1.30 bits per heavy atom. The molecule has 0 radical (unpaired) electrons. The van der Waals surface area contributed by atoms with Crippen molar-refractivity contribution >= 4 is 17.5 Å². The Morgan fingerprint density at radius 2 is 2.00 bits per heavy atom. The Hall–Kier alpha value is -2.70. The molecule has 0 saturated heterocycles. The molecule has 0 saturated carbocycles. The predicted octanol–water partition coefficient (Wildman–Crippen LogP) is 1.04. The second kappa shape index (κ2) is 5.96. The fourth-order valence-electron chi connectivity index (χ4n) is 1.72. The number of anilines is 1. The van der Waals surface area contributed by atoms with Gasteiger partial charge in [-0.05, 0) is 24.3 Å². The molecule has 0 atom stereocenters. The molecular formula is C13H15N5O2. The number of aromatic nitrogens is 3. The quantitative estimate of drug-likeness (QED) is 0.870. The average Bonchev–Trinajstić information content (AvgIpc) is 2.91. The van der Waals surface area contributed by atoms with Gasteiger partial charge in [-0.2, -0.15) is 5.10 Å². The summed E-state index contributed by atoms with van der Waals surface area (Å²) in [5.41, 5.74) is 1.20. The van der Waals surface area contributed by atoms with Crippen molar-refractivity contribution in [3.8, 4) is 0 Å². The standard InChI is InChI=1S/C13H15N5O2/c1-9(19)16-11-5-3-10(4-6-11)13(20)18(2)7-12-14-8-15-17-12/h3-6,8H,7H2,1-2H3,(H,16,19)(H,14,15,17). The van der Waals surface area contributed by atoms with E-state index in [4.69, 9.17) is 0 Å². The zero-order valence-corrected chi connectivity index (χ0v) is 11.3. The highest BCUT2D eigenvalue weighted by Crippen LogP contribution is 2.11. The van der Waals surface area contributed by atoms with Crippen molar-refractivity contribution in [3.63, 3.8) is 0 Å². The Morgan fingerprint density at radius 3 is 2.55 bits per heavy atom. The van der Waals surface area contributed by atoms with E-state index in [1.54, 1.807) is 31.3 Å². The second-order valence-corrected chi connectivity index (χ2v) is 4.35. The van der Waals surface area contributed by atoms with Crippen LogP contribution in [0.1, 0.15) is 23.1 Å². The number of nitrogens with one attached hydrogen (secondary N) is 2. The summed E-state index contributed by atoms with van der Waals surface area (Å²) in [5, 5.41) is 9.08. The third kappa shape index (κ3) is 3.41. The molecule has 0 aliphatic rings. The second-order valence-electron chi connectivity index (χ2n) is 4.35. The van der Waals surface area contributed by atoms with E-state index in [0.717, 1.165) is 0 Å². The van der Waals surface area contributed by atoms with Crippen molar-refractivity contribution in [1.29, 1.82) is 0 Å². The van der Waals surface area contributed by atoms with Crippen molar-refractivity contribution in [3.05, 3.63) is 42.0 Å². The van der Waals surface area contributed by atoms with Gasteiger partial charge in [0.2, 0.25) is 5.91 Å². The van der Waals surface area contributed by atoms with Crippen LogP contribution < -0.4 is 5.32 Å². The largest absolute Gasteiger partial charge is 0.334 e. The van der Waals surface area contributed by atoms with Crippen molar-refractivity contribution in [2.75, 3.05) is 12.4 Å². The molecule has 2 rings (SSSR count). The molecule has 0 unspecified atom stereocenters. The van der Waals surface area contributed by atoms with Gasteiger partial charge in [-0.3, -0.25) is 14.7 Å². The van der Waals surface area contributed by atoms with E-state index in [0.29, 0.717) is 23.6 Å². The normalized spacial score (nSPS) is 10.1. The van der Waals surface area contributed by atoms with Crippen molar-refractivity contribution in [1.82, 2.24) is 20.1 Å². The molecule has 20 heavy (non-hydrogen) atoms. The topological polar surface area (TPSA) is 91.0 Å². The van der Waals surface area contributed by atoms with E-state index in [1.807, 2.05) is 0 Å². The fraction of sp³-hybridized carbons (Fsp3) is 0.231. The third-order valence-electron chi connectivity index (χ3n) is 2.65. The van der Waals surface area contributed by atoms with Gasteiger partial charge in [0.1, 0.15) is 12.2 Å². The van der Waals surface area contributed by atoms with Gasteiger partial charge in [0.05, 0.1) is 6.54 Å². The van der Waals surface area contributed by atoms with Gasteiger partial charge in [0.25, 0.3) is 5.91 Å². The Kier molecular flexibility index (Phi) is 4.09. The SMILES string of the molecule is CC(=O)Nc1ccc(C(=O)N(C)Cc2ncn[nH]2)cc1. The highest BCUT2D eigenvalue weighted by atomic mass is 16.2. The molecule has 1 aromatic carbocycles. The molecule has 2 amide bonds. The van der Waals surface area contributed by atoms with Crippen LogP contribution in [0.3, 0.4) is 0 Å². The van der Waals surface area contributed by atoms with Crippen LogP contribution >= 0.6 is 0 Å². The zero-order valence-electron chi connectivity index (χ0n) is 11.3. The molecule has 1 heterocycles. The van der Waals surface area contributed by atoms with Crippen LogP contribution in [0.25, 0.3) is 0 Å². The van der Waals surface area contributed by atoms with Crippen molar-refractivity contribution in [2.24, 2.45) is 0 Å². The maximum Gasteiger partial charge on any atom is 0.254 e. The molecule has 0 aliphatic heterocycles. The number of nitrogens with zero attached hydrogens (tertiary/aromatic N) is 3. The first kappa shape index (κ1) is 13.7. The first-order valence-corrected chi connectivity index (χ1v) is 6.03. The minimum Gasteiger partial charge on any atom is -0.334 e. The maximum atomic E-state index is 12.2. The predicted molar refractivity (Wildman–Crippen MR) is 72.9 cm³/mol. The van der Waals surface area contributed by atoms with Gasteiger partial charge in [0.15, 0.2) is 0 Å². The van der Waals surface area contributed by atoms with Crippen LogP contribution in [0, 0.1) is 0 Å². The van der Waals surface area contributed by atoms with Gasteiger partial charge in [0, 0.05) is 25.2 Å². The molecular weight excluding hydrogens is 258 g/mol. The summed E-state index contributed by atoms with van der Waals surface area (Å²) in [6.07, 6.45) is 1.40. The number of aromatic amines is 1. The van der Waals surface area contributed by atoms with Gasteiger partial charge < -0.3 is 10.2 Å². The van der Waals surface area contributed by atoms with Gasteiger partial charge in [-0.25, -0.2) is 4.98 Å². The minimum absolute atomic E-state index is 0.129. The van der Waals surface area contributed by atoms with E-state index in [1.165, 1.54) is 18.2 Å². The lowest BCUT2D eigenvalue weighted by molar-refractivity contribution is -0.114. The van der Waals surface area contributed by atoms with Crippen molar-refractivity contribution in [2.45, 2.75) is 13.5 Å². The van der Waals surface area contributed by atoms with Crippen LogP contribution in [-0.2, 0) is 11.3 Å². The van der Waals surface area contributed by atoms with Crippen LogP contribution in [0.15, 0.2) is 30.6 Å². The van der Waals surface area contributed by atoms with E-state index in [-0.39, 0.29) is 11.8 Å². The number of benzene rings is 1. The molecule has 104 valence electrons. The lowest BCUT2D eigenvalue weighted by atomic mass is 10.2. The van der Waals surface area contributed by atoms with Gasteiger partial charge in [-0.15, -0.1) is 0 Å². The zero-order chi connectivity index (χ0) is 14.5. The summed E-state index contributed by atoms with van der Waals surface area (Å²) in [6, 6.07) is 6.73. The maximum absolute atomic E-state index is 12.2. The first-order chi connectivity index (χ1) is 9.56. The van der Waals surface area contributed by atoms with Crippen LogP contribution in [-0.4, -0.2) is 38.9 Å². The summed E-state index contributed by atoms with van der Waals surface area (Å²) in [7, 11) is 1.69. The Bertz CT molecular complexity index is 592. The summed E-state index contributed by atoms with van der Waals surface area (Å²) in [5.74, 6) is 0.345. The minimum atomic E-state index is -0.147. The van der Waals surface area contributed by atoms with Crippen LogP contribution in [0.4, 0.5) is 5.69 Å². The fourth-order valence-corrected chi connectivity index (χ4v) is 1.72. The van der Waals surface area contributed by atoms with Crippen molar-refractivity contribution < 1.29 is 9.59 Å². The average molecular weight is 273 g/mol. The van der Waals surface area contributed by atoms with Crippen LogP contribution in [0.5, 0.6) is 0 Å². The lowest BCUT2D eigenvalue weighted by Crippen LogP contribution is -2.26. The van der Waals surface area contributed by atoms with Gasteiger partial charge in [-0.1, -0.05) is 0 Å². The number of hydrogen-bond donors (Lipinski definition) is 2. The molecule has 2 N–H and O–H groups in total. The Balaban J connectivity index is 2.03. The monoisotopic (exact) mass is 273 g/mol. The molecule has 7 heteroatoms. The molecule has 7 nitrogen and oxygen atoms in total. The first-order valence-electron chi connectivity index (χ1n) is 6.03. The summed E-state index contributed by atoms with van der Waals surface area (Å²) in [4.78, 5) is 28.6. The van der Waals surface area contributed by atoms with Gasteiger partial charge >= 0.3 is 0 Å². The smallest absolute Gasteiger partial charge is 0.254 e. The molecule has 0 spiro atoms. The molecule has 1 aromatic heterocycles. The summed E-state index contributed by atoms with van der Waals surface area (Å²) < 4.78 is 0. The number of H-pyrrole nitrogens is 1. The Labute approximate surface area is 116 Å². The molecule has 0 aliphatic carbocycles. The molecule has 2 aromatic rings. The third-order valence-corrected chi connectivity index (χ3v) is 2.65. The van der Waals surface area contributed by atoms with E-state index in [9.17, 15) is 9.59 Å².